The summed E-state index contributed by atoms with van der Waals surface area (Å²) in [6.07, 6.45) is 5.64. The highest BCUT2D eigenvalue weighted by Crippen LogP contribution is 2.10. The van der Waals surface area contributed by atoms with Gasteiger partial charge in [0.25, 0.3) is 0 Å². The fraction of sp³-hybridized carbons (Fsp3) is 0.278. The van der Waals surface area contributed by atoms with E-state index in [1.54, 1.807) is 6.92 Å². The number of carbonyl (C=O) groups excluding carboxylic acids is 1. The molecule has 1 aromatic rings. The molecule has 0 fully saturated rings. The first-order chi connectivity index (χ1) is 9.56. The van der Waals surface area contributed by atoms with Crippen LogP contribution in [0.4, 0.5) is 0 Å². The van der Waals surface area contributed by atoms with Gasteiger partial charge in [0.15, 0.2) is 0 Å². The maximum Gasteiger partial charge on any atom is 0.333 e. The molecular weight excluding hydrogens is 248 g/mol. The Bertz CT molecular complexity index is 431. The molecule has 0 amide bonds. The molecule has 0 aliphatic rings. The third-order valence-electron chi connectivity index (χ3n) is 2.52. The molecule has 0 saturated heterocycles. The lowest BCUT2D eigenvalue weighted by atomic mass is 10.1. The topological polar surface area (TPSA) is 26.3 Å². The normalized spacial score (nSPS) is 8.90. The number of benzene rings is 1. The van der Waals surface area contributed by atoms with Crippen LogP contribution in [0.3, 0.4) is 0 Å². The number of carbonyl (C=O) groups is 1. The van der Waals surface area contributed by atoms with Crippen molar-refractivity contribution in [2.75, 3.05) is 6.61 Å². The summed E-state index contributed by atoms with van der Waals surface area (Å²) in [4.78, 5) is 10.7. The van der Waals surface area contributed by atoms with Gasteiger partial charge in [0.1, 0.15) is 0 Å². The van der Waals surface area contributed by atoms with Crippen LogP contribution >= 0.6 is 0 Å². The van der Waals surface area contributed by atoms with E-state index in [0.29, 0.717) is 12.2 Å². The van der Waals surface area contributed by atoms with Gasteiger partial charge in [0.05, 0.1) is 6.61 Å². The van der Waals surface area contributed by atoms with Crippen molar-refractivity contribution in [3.63, 3.8) is 0 Å². The molecule has 0 heterocycles. The second kappa shape index (κ2) is 10.8. The molecule has 0 aliphatic carbocycles. The Morgan fingerprint density at radius 2 is 1.70 bits per heavy atom. The van der Waals surface area contributed by atoms with Crippen molar-refractivity contribution in [2.24, 2.45) is 0 Å². The van der Waals surface area contributed by atoms with Crippen LogP contribution in [0.15, 0.2) is 49.6 Å². The van der Waals surface area contributed by atoms with Gasteiger partial charge in [-0.1, -0.05) is 69.5 Å². The van der Waals surface area contributed by atoms with Gasteiger partial charge in [-0.25, -0.2) is 4.79 Å². The monoisotopic (exact) mass is 272 g/mol. The maximum atomic E-state index is 10.7. The van der Waals surface area contributed by atoms with E-state index < -0.39 is 0 Å². The second-order valence-electron chi connectivity index (χ2n) is 4.31. The Morgan fingerprint density at radius 1 is 1.20 bits per heavy atom. The van der Waals surface area contributed by atoms with Crippen molar-refractivity contribution in [3.8, 4) is 0 Å². The van der Waals surface area contributed by atoms with Crippen molar-refractivity contribution in [2.45, 2.75) is 26.7 Å². The van der Waals surface area contributed by atoms with Crippen LogP contribution in [0.2, 0.25) is 0 Å². The van der Waals surface area contributed by atoms with Crippen LogP contribution in [-0.4, -0.2) is 12.6 Å². The Balaban J connectivity index is 0.000000361. The van der Waals surface area contributed by atoms with Crippen molar-refractivity contribution in [3.05, 3.63) is 60.7 Å². The summed E-state index contributed by atoms with van der Waals surface area (Å²) in [7, 11) is 0. The van der Waals surface area contributed by atoms with Gasteiger partial charge >= 0.3 is 5.97 Å². The van der Waals surface area contributed by atoms with Crippen LogP contribution in [0.25, 0.3) is 12.2 Å². The van der Waals surface area contributed by atoms with E-state index in [2.05, 4.69) is 26.7 Å². The van der Waals surface area contributed by atoms with Gasteiger partial charge in [-0.2, -0.15) is 0 Å². The van der Waals surface area contributed by atoms with Crippen molar-refractivity contribution < 1.29 is 9.53 Å². The largest absolute Gasteiger partial charge is 0.462 e. The van der Waals surface area contributed by atoms with Gasteiger partial charge in [-0.3, -0.25) is 0 Å². The smallest absolute Gasteiger partial charge is 0.333 e. The van der Waals surface area contributed by atoms with Crippen molar-refractivity contribution in [1.82, 2.24) is 0 Å². The zero-order chi connectivity index (χ0) is 15.4. The van der Waals surface area contributed by atoms with Gasteiger partial charge in [-0.05, 0) is 24.5 Å². The molecule has 1 rings (SSSR count). The third kappa shape index (κ3) is 7.37. The maximum absolute atomic E-state index is 10.7. The first-order valence-electron chi connectivity index (χ1n) is 6.73. The minimum Gasteiger partial charge on any atom is -0.462 e. The summed E-state index contributed by atoms with van der Waals surface area (Å²) in [6, 6.07) is 8.02. The van der Waals surface area contributed by atoms with Gasteiger partial charge in [0, 0.05) is 5.57 Å². The molecule has 0 radical (unpaired) electrons. The van der Waals surface area contributed by atoms with Crippen LogP contribution in [0.5, 0.6) is 0 Å². The molecule has 0 bridgehead atoms. The minimum absolute atomic E-state index is 0.284. The average Bonchev–Trinajstić information content (AvgIpc) is 2.47. The lowest BCUT2D eigenvalue weighted by Crippen LogP contribution is -2.05. The zero-order valence-corrected chi connectivity index (χ0v) is 12.5. The molecule has 0 spiro atoms. The predicted octanol–water partition coefficient (Wildman–Crippen LogP) is 4.88. The standard InChI is InChI=1S/C10H10.C8H14O2/c1-3-9-7-5-6-8-10(9)4-2;1-4-5-6-10-8(9)7(2)3/h3-8H,1-2H2;2,4-6H2,1,3H3. The molecule has 0 N–H and O–H groups in total. The lowest BCUT2D eigenvalue weighted by Gasteiger charge is -2.01. The highest BCUT2D eigenvalue weighted by molar-refractivity contribution is 5.86. The molecule has 20 heavy (non-hydrogen) atoms. The van der Waals surface area contributed by atoms with E-state index in [0.717, 1.165) is 24.0 Å². The predicted molar refractivity (Wildman–Crippen MR) is 87.3 cm³/mol. The van der Waals surface area contributed by atoms with Crippen LogP contribution < -0.4 is 0 Å². The van der Waals surface area contributed by atoms with Crippen molar-refractivity contribution >= 4 is 18.1 Å². The van der Waals surface area contributed by atoms with E-state index in [1.165, 1.54) is 0 Å². The number of hydrogen-bond donors (Lipinski definition) is 0. The highest BCUT2D eigenvalue weighted by Gasteiger charge is 2.00. The fourth-order valence-corrected chi connectivity index (χ4v) is 1.32. The first-order valence-corrected chi connectivity index (χ1v) is 6.73. The highest BCUT2D eigenvalue weighted by atomic mass is 16.5. The SMILES string of the molecule is C=C(C)C(=O)OCCCC.C=Cc1ccccc1C=C. The van der Waals surface area contributed by atoms with Gasteiger partial charge in [0.2, 0.25) is 0 Å². The molecule has 1 aromatic carbocycles. The van der Waals surface area contributed by atoms with Gasteiger partial charge < -0.3 is 4.74 Å². The second-order valence-corrected chi connectivity index (χ2v) is 4.31. The Kier molecular flexibility index (Phi) is 9.67. The van der Waals surface area contributed by atoms with E-state index in [-0.39, 0.29) is 5.97 Å². The van der Waals surface area contributed by atoms with E-state index >= 15 is 0 Å². The molecule has 0 saturated carbocycles. The van der Waals surface area contributed by atoms with E-state index in [4.69, 9.17) is 4.74 Å². The number of hydrogen-bond acceptors (Lipinski definition) is 2. The molecular formula is C18H24O2. The molecule has 2 nitrogen and oxygen atoms in total. The molecule has 108 valence electrons. The van der Waals surface area contributed by atoms with Crippen molar-refractivity contribution in [1.29, 1.82) is 0 Å². The fourth-order valence-electron chi connectivity index (χ4n) is 1.32. The summed E-state index contributed by atoms with van der Waals surface area (Å²) in [5.41, 5.74) is 2.74. The van der Waals surface area contributed by atoms with E-state index in [9.17, 15) is 4.79 Å². The first kappa shape index (κ1) is 17.9. The van der Waals surface area contributed by atoms with Crippen LogP contribution in [0.1, 0.15) is 37.8 Å². The number of esters is 1. The van der Waals surface area contributed by atoms with Crippen LogP contribution in [-0.2, 0) is 9.53 Å². The molecule has 0 unspecified atom stereocenters. The van der Waals surface area contributed by atoms with Gasteiger partial charge in [-0.15, -0.1) is 0 Å². The summed E-state index contributed by atoms with van der Waals surface area (Å²) >= 11 is 0. The molecule has 2 heteroatoms. The number of unbranched alkanes of at least 4 members (excludes halogenated alkanes) is 1. The third-order valence-corrected chi connectivity index (χ3v) is 2.52. The minimum atomic E-state index is -0.284. The summed E-state index contributed by atoms with van der Waals surface area (Å²) in [6.45, 7) is 15.1. The Morgan fingerprint density at radius 3 is 2.05 bits per heavy atom. The van der Waals surface area contributed by atoms with E-state index in [1.807, 2.05) is 36.4 Å². The Labute approximate surface area is 122 Å². The molecule has 0 aromatic heterocycles. The molecule has 0 atom stereocenters. The lowest BCUT2D eigenvalue weighted by molar-refractivity contribution is -0.139. The quantitative estimate of drug-likeness (QED) is 0.419. The summed E-state index contributed by atoms with van der Waals surface area (Å²) in [5, 5.41) is 0. The number of rotatable bonds is 6. The van der Waals surface area contributed by atoms with Crippen LogP contribution in [0, 0.1) is 0 Å². The zero-order valence-electron chi connectivity index (χ0n) is 12.5. The molecule has 0 aliphatic heterocycles. The number of ether oxygens (including phenoxy) is 1. The Hall–Kier alpha value is -2.09. The average molecular weight is 272 g/mol. The summed E-state index contributed by atoms with van der Waals surface area (Å²) in [5.74, 6) is -0.284. The summed E-state index contributed by atoms with van der Waals surface area (Å²) < 4.78 is 4.81.